The molecule has 0 aromatic carbocycles. The Kier molecular flexibility index (Phi) is 4.12. The van der Waals surface area contributed by atoms with Crippen molar-refractivity contribution in [2.75, 3.05) is 38.5 Å². The molecule has 3 rings (SSSR count). The molecular formula is C13H24N2O3S. The van der Waals surface area contributed by atoms with Gasteiger partial charge < -0.3 is 4.74 Å². The van der Waals surface area contributed by atoms with Crippen LogP contribution in [0.5, 0.6) is 0 Å². The van der Waals surface area contributed by atoms with Crippen LogP contribution in [0.25, 0.3) is 0 Å². The minimum absolute atomic E-state index is 0.0830. The first kappa shape index (κ1) is 13.8. The predicted octanol–water partition coefficient (Wildman–Crippen LogP) is 0.665. The lowest BCUT2D eigenvalue weighted by atomic mass is 10.1. The second-order valence-corrected chi connectivity index (χ2v) is 7.97. The van der Waals surface area contributed by atoms with Crippen LogP contribution in [0.3, 0.4) is 0 Å². The molecule has 3 fully saturated rings. The van der Waals surface area contributed by atoms with Gasteiger partial charge in [0, 0.05) is 32.3 Å². The summed E-state index contributed by atoms with van der Waals surface area (Å²) in [4.78, 5) is 2.43. The van der Waals surface area contributed by atoms with Gasteiger partial charge >= 0.3 is 0 Å². The average Bonchev–Trinajstić information content (AvgIpc) is 2.86. The second kappa shape index (κ2) is 5.68. The van der Waals surface area contributed by atoms with Crippen molar-refractivity contribution >= 4 is 10.0 Å². The van der Waals surface area contributed by atoms with Crippen LogP contribution >= 0.6 is 0 Å². The molecule has 3 aliphatic heterocycles. The third-order valence-electron chi connectivity index (χ3n) is 4.61. The van der Waals surface area contributed by atoms with E-state index in [1.165, 1.54) is 6.42 Å². The van der Waals surface area contributed by atoms with Gasteiger partial charge in [0.25, 0.3) is 0 Å². The van der Waals surface area contributed by atoms with Crippen molar-refractivity contribution in [3.8, 4) is 0 Å². The molecule has 5 nitrogen and oxygen atoms in total. The normalized spacial score (nSPS) is 34.3. The fourth-order valence-electron chi connectivity index (χ4n) is 3.49. The van der Waals surface area contributed by atoms with E-state index in [1.54, 1.807) is 4.31 Å². The zero-order chi connectivity index (χ0) is 13.3. The van der Waals surface area contributed by atoms with Gasteiger partial charge in [-0.15, -0.1) is 0 Å². The van der Waals surface area contributed by atoms with Crippen LogP contribution in [0.4, 0.5) is 0 Å². The summed E-state index contributed by atoms with van der Waals surface area (Å²) in [5.41, 5.74) is 0. The van der Waals surface area contributed by atoms with Crippen molar-refractivity contribution in [1.29, 1.82) is 0 Å². The minimum Gasteiger partial charge on any atom is -0.377 e. The maximum atomic E-state index is 12.5. The molecule has 0 bridgehead atoms. The average molecular weight is 288 g/mol. The number of nitrogens with zero attached hydrogens (tertiary/aromatic N) is 2. The highest BCUT2D eigenvalue weighted by atomic mass is 32.2. The van der Waals surface area contributed by atoms with Crippen LogP contribution in [0, 0.1) is 0 Å². The lowest BCUT2D eigenvalue weighted by Crippen LogP contribution is -2.53. The van der Waals surface area contributed by atoms with Gasteiger partial charge in [-0.1, -0.05) is 0 Å². The molecule has 0 spiro atoms. The molecule has 0 aromatic heterocycles. The van der Waals surface area contributed by atoms with E-state index in [4.69, 9.17) is 4.74 Å². The van der Waals surface area contributed by atoms with E-state index in [0.29, 0.717) is 19.1 Å². The lowest BCUT2D eigenvalue weighted by molar-refractivity contribution is 0.0295. The fraction of sp³-hybridized carbons (Fsp3) is 1.00. The van der Waals surface area contributed by atoms with Crippen molar-refractivity contribution in [2.45, 2.75) is 44.2 Å². The van der Waals surface area contributed by atoms with Crippen molar-refractivity contribution in [3.63, 3.8) is 0 Å². The molecule has 3 saturated heterocycles. The second-order valence-electron chi connectivity index (χ2n) is 5.96. The summed E-state index contributed by atoms with van der Waals surface area (Å²) in [5.74, 6) is 0.180. The Morgan fingerprint density at radius 1 is 1.05 bits per heavy atom. The molecule has 3 heterocycles. The molecular weight excluding hydrogens is 264 g/mol. The molecule has 3 aliphatic rings. The number of sulfonamides is 1. The highest BCUT2D eigenvalue weighted by molar-refractivity contribution is 7.89. The summed E-state index contributed by atoms with van der Waals surface area (Å²) in [6.45, 7) is 4.11. The Labute approximate surface area is 115 Å². The largest absolute Gasteiger partial charge is 0.377 e. The Hall–Kier alpha value is -0.170. The van der Waals surface area contributed by atoms with E-state index in [9.17, 15) is 8.42 Å². The van der Waals surface area contributed by atoms with Crippen LogP contribution in [0.2, 0.25) is 0 Å². The Morgan fingerprint density at radius 3 is 2.74 bits per heavy atom. The molecule has 0 aromatic rings. The van der Waals surface area contributed by atoms with E-state index in [2.05, 4.69) is 4.90 Å². The summed E-state index contributed by atoms with van der Waals surface area (Å²) in [6, 6.07) is 0.454. The van der Waals surface area contributed by atoms with Gasteiger partial charge in [-0.2, -0.15) is 4.31 Å². The van der Waals surface area contributed by atoms with Crippen LogP contribution in [-0.2, 0) is 14.8 Å². The quantitative estimate of drug-likeness (QED) is 0.766. The van der Waals surface area contributed by atoms with Crippen molar-refractivity contribution in [2.24, 2.45) is 0 Å². The van der Waals surface area contributed by atoms with Gasteiger partial charge in [0.05, 0.1) is 11.9 Å². The summed E-state index contributed by atoms with van der Waals surface area (Å²) in [6.07, 6.45) is 5.33. The standard InChI is InChI=1S/C13H24N2O3S/c16-19(17,11-13-5-1-2-9-18-13)15-8-7-14-6-3-4-12(14)10-15/h12-13H,1-11H2/t12-,13+/m1/s1. The third kappa shape index (κ3) is 3.12. The number of hydrogen-bond donors (Lipinski definition) is 0. The zero-order valence-electron chi connectivity index (χ0n) is 11.5. The fourth-order valence-corrected chi connectivity index (χ4v) is 5.20. The zero-order valence-corrected chi connectivity index (χ0v) is 12.3. The molecule has 6 heteroatoms. The first-order valence-corrected chi connectivity index (χ1v) is 9.09. The molecule has 19 heavy (non-hydrogen) atoms. The molecule has 2 atom stereocenters. The van der Waals surface area contributed by atoms with Crippen molar-refractivity contribution in [1.82, 2.24) is 9.21 Å². The van der Waals surface area contributed by atoms with E-state index < -0.39 is 10.0 Å². The Balaban J connectivity index is 1.60. The topological polar surface area (TPSA) is 49.9 Å². The monoisotopic (exact) mass is 288 g/mol. The van der Waals surface area contributed by atoms with Crippen LogP contribution in [-0.4, -0.2) is 68.3 Å². The molecule has 0 unspecified atom stereocenters. The van der Waals surface area contributed by atoms with Gasteiger partial charge in [0.1, 0.15) is 0 Å². The minimum atomic E-state index is -3.14. The molecule has 0 saturated carbocycles. The SMILES string of the molecule is O=S(=O)(C[C@@H]1CCCCO1)N1CCN2CCC[C@@H]2C1. The summed E-state index contributed by atoms with van der Waals surface area (Å²) < 4.78 is 32.2. The van der Waals surface area contributed by atoms with Crippen LogP contribution in [0.15, 0.2) is 0 Å². The summed E-state index contributed by atoms with van der Waals surface area (Å²) in [5, 5.41) is 0. The predicted molar refractivity (Wildman–Crippen MR) is 73.5 cm³/mol. The van der Waals surface area contributed by atoms with Crippen molar-refractivity contribution in [3.05, 3.63) is 0 Å². The summed E-state index contributed by atoms with van der Waals surface area (Å²) in [7, 11) is -3.14. The first-order valence-electron chi connectivity index (χ1n) is 7.49. The van der Waals surface area contributed by atoms with Crippen LogP contribution in [0.1, 0.15) is 32.1 Å². The number of piperazine rings is 1. The smallest absolute Gasteiger partial charge is 0.216 e. The molecule has 0 amide bonds. The van der Waals surface area contributed by atoms with Gasteiger partial charge in [0.2, 0.25) is 10.0 Å². The molecule has 0 aliphatic carbocycles. The number of ether oxygens (including phenoxy) is 1. The van der Waals surface area contributed by atoms with Gasteiger partial charge in [-0.3, -0.25) is 4.90 Å². The van der Waals surface area contributed by atoms with Gasteiger partial charge in [-0.05, 0) is 38.6 Å². The third-order valence-corrected chi connectivity index (χ3v) is 6.53. The summed E-state index contributed by atoms with van der Waals surface area (Å²) >= 11 is 0. The highest BCUT2D eigenvalue weighted by Crippen LogP contribution is 2.24. The maximum absolute atomic E-state index is 12.5. The molecule has 110 valence electrons. The van der Waals surface area contributed by atoms with E-state index in [1.807, 2.05) is 0 Å². The van der Waals surface area contributed by atoms with E-state index in [0.717, 1.165) is 45.4 Å². The van der Waals surface area contributed by atoms with E-state index >= 15 is 0 Å². The first-order chi connectivity index (χ1) is 9.15. The van der Waals surface area contributed by atoms with Crippen LogP contribution < -0.4 is 0 Å². The Morgan fingerprint density at radius 2 is 1.95 bits per heavy atom. The molecule has 0 radical (unpaired) electrons. The highest BCUT2D eigenvalue weighted by Gasteiger charge is 2.36. The van der Waals surface area contributed by atoms with Crippen molar-refractivity contribution < 1.29 is 13.2 Å². The molecule has 0 N–H and O–H groups in total. The Bertz CT molecular complexity index is 406. The number of fused-ring (bicyclic) bond motifs is 1. The number of hydrogen-bond acceptors (Lipinski definition) is 4. The van der Waals surface area contributed by atoms with Gasteiger partial charge in [-0.25, -0.2) is 8.42 Å². The maximum Gasteiger partial charge on any atom is 0.216 e. The van der Waals surface area contributed by atoms with E-state index in [-0.39, 0.29) is 11.9 Å². The van der Waals surface area contributed by atoms with Gasteiger partial charge in [0.15, 0.2) is 0 Å². The number of rotatable bonds is 3. The lowest BCUT2D eigenvalue weighted by Gasteiger charge is -2.37.